The Balaban J connectivity index is 1.40. The van der Waals surface area contributed by atoms with Crippen LogP contribution in [0.25, 0.3) is 0 Å². The van der Waals surface area contributed by atoms with Crippen molar-refractivity contribution in [3.63, 3.8) is 0 Å². The van der Waals surface area contributed by atoms with Crippen molar-refractivity contribution in [2.24, 2.45) is 0 Å². The fourth-order valence-corrected chi connectivity index (χ4v) is 4.70. The van der Waals surface area contributed by atoms with Gasteiger partial charge in [0.05, 0.1) is 12.2 Å². The van der Waals surface area contributed by atoms with Crippen molar-refractivity contribution in [3.8, 4) is 0 Å². The van der Waals surface area contributed by atoms with Gasteiger partial charge in [0.15, 0.2) is 6.04 Å². The van der Waals surface area contributed by atoms with E-state index in [0.717, 1.165) is 27.9 Å². The Labute approximate surface area is 186 Å². The van der Waals surface area contributed by atoms with Gasteiger partial charge in [0.1, 0.15) is 5.82 Å². The Hall–Kier alpha value is -2.55. The SMILES string of the molecule is CC[C@@H]1C[C@@H](C(F)(F)F)n2nc([C@@H]3CCN(CC(=O)Nc4ccc(C)cc4C)C3)cc2N1. The molecule has 6 nitrogen and oxygen atoms in total. The highest BCUT2D eigenvalue weighted by atomic mass is 19.4. The van der Waals surface area contributed by atoms with Gasteiger partial charge in [-0.3, -0.25) is 9.69 Å². The molecule has 174 valence electrons. The number of hydrogen-bond acceptors (Lipinski definition) is 4. The number of anilines is 2. The number of benzene rings is 1. The third kappa shape index (κ3) is 4.77. The molecule has 2 aliphatic rings. The fraction of sp³-hybridized carbons (Fsp3) is 0.565. The van der Waals surface area contributed by atoms with Crippen LogP contribution in [0.15, 0.2) is 24.3 Å². The summed E-state index contributed by atoms with van der Waals surface area (Å²) in [5, 5.41) is 10.5. The number of halogens is 3. The smallest absolute Gasteiger partial charge is 0.367 e. The van der Waals surface area contributed by atoms with Gasteiger partial charge in [0.25, 0.3) is 0 Å². The second-order valence-corrected chi connectivity index (χ2v) is 9.03. The summed E-state index contributed by atoms with van der Waals surface area (Å²) in [6.07, 6.45) is -2.95. The summed E-state index contributed by atoms with van der Waals surface area (Å²) >= 11 is 0. The van der Waals surface area contributed by atoms with Crippen LogP contribution in [-0.2, 0) is 4.79 Å². The summed E-state index contributed by atoms with van der Waals surface area (Å²) in [6, 6.07) is 5.82. The molecule has 0 spiro atoms. The molecule has 0 aliphatic carbocycles. The lowest BCUT2D eigenvalue weighted by atomic mass is 10.0. The highest BCUT2D eigenvalue weighted by molar-refractivity contribution is 5.93. The van der Waals surface area contributed by atoms with Gasteiger partial charge in [-0.05, 0) is 51.3 Å². The third-order valence-electron chi connectivity index (χ3n) is 6.49. The maximum absolute atomic E-state index is 13.6. The Morgan fingerprint density at radius 2 is 2.06 bits per heavy atom. The highest BCUT2D eigenvalue weighted by Gasteiger charge is 2.46. The molecule has 1 aromatic carbocycles. The predicted octanol–water partition coefficient (Wildman–Crippen LogP) is 4.63. The van der Waals surface area contributed by atoms with Crippen LogP contribution >= 0.6 is 0 Å². The average molecular weight is 450 g/mol. The van der Waals surface area contributed by atoms with Gasteiger partial charge >= 0.3 is 6.18 Å². The van der Waals surface area contributed by atoms with E-state index in [1.165, 1.54) is 0 Å². The monoisotopic (exact) mass is 449 g/mol. The zero-order valence-corrected chi connectivity index (χ0v) is 18.7. The average Bonchev–Trinajstić information content (AvgIpc) is 3.35. The lowest BCUT2D eigenvalue weighted by molar-refractivity contribution is -0.173. The minimum absolute atomic E-state index is 0.0104. The molecule has 4 rings (SSSR count). The molecular formula is C23H30F3N5O. The van der Waals surface area contributed by atoms with E-state index < -0.39 is 12.2 Å². The van der Waals surface area contributed by atoms with Crippen LogP contribution in [0.3, 0.4) is 0 Å². The van der Waals surface area contributed by atoms with Gasteiger partial charge in [-0.25, -0.2) is 4.68 Å². The van der Waals surface area contributed by atoms with Crippen molar-refractivity contribution >= 4 is 17.4 Å². The van der Waals surface area contributed by atoms with Crippen molar-refractivity contribution in [1.82, 2.24) is 14.7 Å². The Morgan fingerprint density at radius 1 is 1.28 bits per heavy atom. The number of carbonyl (C=O) groups is 1. The number of aromatic nitrogens is 2. The van der Waals surface area contributed by atoms with Crippen LogP contribution in [0.5, 0.6) is 0 Å². The molecule has 1 fully saturated rings. The number of fused-ring (bicyclic) bond motifs is 1. The van der Waals surface area contributed by atoms with E-state index in [4.69, 9.17) is 0 Å². The summed E-state index contributed by atoms with van der Waals surface area (Å²) in [4.78, 5) is 14.6. The number of rotatable bonds is 5. The first-order valence-corrected chi connectivity index (χ1v) is 11.2. The fourth-order valence-electron chi connectivity index (χ4n) is 4.70. The van der Waals surface area contributed by atoms with Crippen molar-refractivity contribution < 1.29 is 18.0 Å². The largest absolute Gasteiger partial charge is 0.410 e. The van der Waals surface area contributed by atoms with E-state index in [-0.39, 0.29) is 30.8 Å². The molecule has 0 saturated carbocycles. The van der Waals surface area contributed by atoms with Gasteiger partial charge in [-0.15, -0.1) is 0 Å². The second-order valence-electron chi connectivity index (χ2n) is 9.03. The number of amides is 1. The molecular weight excluding hydrogens is 419 g/mol. The minimum atomic E-state index is -4.33. The first-order valence-electron chi connectivity index (χ1n) is 11.2. The van der Waals surface area contributed by atoms with Gasteiger partial charge < -0.3 is 10.6 Å². The normalized spacial score (nSPS) is 23.6. The first-order chi connectivity index (χ1) is 15.1. The number of hydrogen-bond donors (Lipinski definition) is 2. The highest BCUT2D eigenvalue weighted by Crippen LogP contribution is 2.41. The van der Waals surface area contributed by atoms with Gasteiger partial charge in [0.2, 0.25) is 5.91 Å². The second kappa shape index (κ2) is 8.77. The van der Waals surface area contributed by atoms with Crippen LogP contribution < -0.4 is 10.6 Å². The number of carbonyl (C=O) groups excluding carboxylic acids is 1. The number of nitrogens with one attached hydrogen (secondary N) is 2. The summed E-state index contributed by atoms with van der Waals surface area (Å²) in [6.45, 7) is 7.41. The molecule has 2 N–H and O–H groups in total. The molecule has 3 atom stereocenters. The molecule has 1 amide bonds. The Morgan fingerprint density at radius 3 is 2.75 bits per heavy atom. The number of alkyl halides is 3. The van der Waals surface area contributed by atoms with Crippen LogP contribution in [-0.4, -0.2) is 52.4 Å². The lowest BCUT2D eigenvalue weighted by Gasteiger charge is -2.32. The maximum atomic E-state index is 13.6. The van der Waals surface area contributed by atoms with Crippen LogP contribution in [0, 0.1) is 13.8 Å². The summed E-state index contributed by atoms with van der Waals surface area (Å²) < 4.78 is 41.9. The molecule has 2 aliphatic heterocycles. The van der Waals surface area contributed by atoms with Crippen molar-refractivity contribution in [2.75, 3.05) is 30.3 Å². The van der Waals surface area contributed by atoms with Crippen molar-refractivity contribution in [2.45, 2.75) is 64.2 Å². The van der Waals surface area contributed by atoms with Crippen molar-refractivity contribution in [1.29, 1.82) is 0 Å². The lowest BCUT2D eigenvalue weighted by Crippen LogP contribution is -2.38. The van der Waals surface area contributed by atoms with Crippen LogP contribution in [0.2, 0.25) is 0 Å². The molecule has 1 aromatic heterocycles. The molecule has 2 aromatic rings. The number of nitrogens with zero attached hydrogens (tertiary/aromatic N) is 3. The Kier molecular flexibility index (Phi) is 6.20. The summed E-state index contributed by atoms with van der Waals surface area (Å²) in [7, 11) is 0. The maximum Gasteiger partial charge on any atom is 0.410 e. The summed E-state index contributed by atoms with van der Waals surface area (Å²) in [5.41, 5.74) is 3.61. The van der Waals surface area contributed by atoms with Gasteiger partial charge in [0, 0.05) is 30.3 Å². The molecule has 32 heavy (non-hydrogen) atoms. The molecule has 0 unspecified atom stereocenters. The quantitative estimate of drug-likeness (QED) is 0.699. The minimum Gasteiger partial charge on any atom is -0.367 e. The molecule has 1 saturated heterocycles. The van der Waals surface area contributed by atoms with Crippen LogP contribution in [0.4, 0.5) is 24.7 Å². The zero-order valence-electron chi connectivity index (χ0n) is 18.7. The van der Waals surface area contributed by atoms with Gasteiger partial charge in [-0.1, -0.05) is 24.6 Å². The van der Waals surface area contributed by atoms with E-state index in [1.807, 2.05) is 43.9 Å². The van der Waals surface area contributed by atoms with E-state index in [0.29, 0.717) is 31.0 Å². The van der Waals surface area contributed by atoms with Gasteiger partial charge in [-0.2, -0.15) is 18.3 Å². The number of aryl methyl sites for hydroxylation is 2. The predicted molar refractivity (Wildman–Crippen MR) is 118 cm³/mol. The van der Waals surface area contributed by atoms with Crippen molar-refractivity contribution in [3.05, 3.63) is 41.1 Å². The summed E-state index contributed by atoms with van der Waals surface area (Å²) in [5.74, 6) is 0.357. The van der Waals surface area contributed by atoms with E-state index in [1.54, 1.807) is 6.07 Å². The van der Waals surface area contributed by atoms with E-state index in [9.17, 15) is 18.0 Å². The third-order valence-corrected chi connectivity index (χ3v) is 6.49. The number of likely N-dealkylation sites (tertiary alicyclic amines) is 1. The van der Waals surface area contributed by atoms with E-state index >= 15 is 0 Å². The zero-order chi connectivity index (χ0) is 23.0. The van der Waals surface area contributed by atoms with Crippen LogP contribution in [0.1, 0.15) is 55.0 Å². The molecule has 9 heteroatoms. The molecule has 3 heterocycles. The molecule has 0 bridgehead atoms. The van der Waals surface area contributed by atoms with E-state index in [2.05, 4.69) is 15.7 Å². The standard InChI is InChI=1S/C23H30F3N5O/c1-4-17-10-20(23(24,25)26)31-21(27-17)11-19(29-31)16-7-8-30(12-16)13-22(32)28-18-6-5-14(2)9-15(18)3/h5-6,9,11,16-17,20,27H,4,7-8,10,12-13H2,1-3H3,(H,28,32)/t16-,17-,20+/m1/s1. The first kappa shape index (κ1) is 22.6. The Bertz CT molecular complexity index is 986. The molecule has 0 radical (unpaired) electrons. The topological polar surface area (TPSA) is 62.2 Å².